The zero-order chi connectivity index (χ0) is 19.8. The molecule has 0 atom stereocenters. The molecule has 1 aliphatic heterocycles. The highest BCUT2D eigenvalue weighted by Gasteiger charge is 2.32. The second kappa shape index (κ2) is 7.37. The zero-order valence-corrected chi connectivity index (χ0v) is 18.1. The van der Waals surface area contributed by atoms with E-state index in [2.05, 4.69) is 85.8 Å². The lowest BCUT2D eigenvalue weighted by molar-refractivity contribution is 0.507. The van der Waals surface area contributed by atoms with Crippen molar-refractivity contribution in [2.45, 2.75) is 46.2 Å². The summed E-state index contributed by atoms with van der Waals surface area (Å²) in [5, 5.41) is 9.65. The molecule has 3 rings (SSSR count). The van der Waals surface area contributed by atoms with Crippen LogP contribution in [0.1, 0.15) is 51.3 Å². The Labute approximate surface area is 171 Å². The maximum Gasteiger partial charge on any atom is 0.0998 e. The summed E-state index contributed by atoms with van der Waals surface area (Å²) < 4.78 is 0.972. The molecule has 0 saturated heterocycles. The second-order valence-electron chi connectivity index (χ2n) is 7.90. The van der Waals surface area contributed by atoms with Gasteiger partial charge in [0.25, 0.3) is 0 Å². The molecule has 0 aromatic heterocycles. The fourth-order valence-corrected chi connectivity index (χ4v) is 4.50. The maximum absolute atomic E-state index is 9.65. The Balaban J connectivity index is 2.09. The molecular formula is C24H25BrN2. The molecule has 138 valence electrons. The number of nitriles is 1. The van der Waals surface area contributed by atoms with Crippen molar-refractivity contribution < 1.29 is 0 Å². The van der Waals surface area contributed by atoms with Crippen molar-refractivity contribution in [3.63, 3.8) is 0 Å². The first-order chi connectivity index (χ1) is 12.7. The predicted molar refractivity (Wildman–Crippen MR) is 119 cm³/mol. The summed E-state index contributed by atoms with van der Waals surface area (Å²) in [6, 6.07) is 17.1. The molecule has 2 aromatic rings. The smallest absolute Gasteiger partial charge is 0.0998 e. The van der Waals surface area contributed by atoms with Crippen LogP contribution in [0.5, 0.6) is 0 Å². The van der Waals surface area contributed by atoms with E-state index in [0.29, 0.717) is 11.6 Å². The molecule has 2 aromatic carbocycles. The Morgan fingerprint density at radius 3 is 2.56 bits per heavy atom. The molecule has 0 radical (unpaired) electrons. The van der Waals surface area contributed by atoms with Gasteiger partial charge in [-0.3, -0.25) is 0 Å². The minimum absolute atomic E-state index is 0.0171. The molecule has 0 unspecified atom stereocenters. The van der Waals surface area contributed by atoms with Gasteiger partial charge in [-0.2, -0.15) is 5.26 Å². The van der Waals surface area contributed by atoms with Gasteiger partial charge >= 0.3 is 0 Å². The molecule has 0 fully saturated rings. The number of nitrogens with zero attached hydrogens (tertiary/aromatic N) is 2. The summed E-state index contributed by atoms with van der Waals surface area (Å²) >= 11 is 3.48. The van der Waals surface area contributed by atoms with Crippen molar-refractivity contribution in [3.05, 3.63) is 69.7 Å². The van der Waals surface area contributed by atoms with E-state index >= 15 is 0 Å². The fourth-order valence-electron chi connectivity index (χ4n) is 4.10. The Morgan fingerprint density at radius 1 is 1.19 bits per heavy atom. The number of benzene rings is 2. The first kappa shape index (κ1) is 19.5. The van der Waals surface area contributed by atoms with Gasteiger partial charge in [0.15, 0.2) is 0 Å². The van der Waals surface area contributed by atoms with Crippen molar-refractivity contribution in [3.8, 4) is 6.07 Å². The third kappa shape index (κ3) is 3.87. The average molecular weight is 421 g/mol. The van der Waals surface area contributed by atoms with Gasteiger partial charge in [0, 0.05) is 21.8 Å². The third-order valence-electron chi connectivity index (χ3n) is 4.98. The van der Waals surface area contributed by atoms with E-state index in [1.807, 2.05) is 30.3 Å². The lowest BCUT2D eigenvalue weighted by atomic mass is 9.86. The summed E-state index contributed by atoms with van der Waals surface area (Å²) in [5.41, 5.74) is 6.38. The van der Waals surface area contributed by atoms with Gasteiger partial charge in [0.2, 0.25) is 0 Å². The van der Waals surface area contributed by atoms with Crippen LogP contribution in [0.4, 0.5) is 5.69 Å². The van der Waals surface area contributed by atoms with E-state index in [9.17, 15) is 5.26 Å². The molecule has 0 bridgehead atoms. The van der Waals surface area contributed by atoms with E-state index in [-0.39, 0.29) is 5.54 Å². The van der Waals surface area contributed by atoms with Crippen LogP contribution in [-0.2, 0) is 0 Å². The molecule has 3 heteroatoms. The molecule has 0 amide bonds. The summed E-state index contributed by atoms with van der Waals surface area (Å²) in [6.07, 6.45) is 4.30. The molecule has 0 N–H and O–H groups in total. The van der Waals surface area contributed by atoms with Gasteiger partial charge in [-0.15, -0.1) is 0 Å². The number of fused-ring (bicyclic) bond motifs is 1. The standard InChI is InChI=1S/C24H25BrN2/c1-16(2)27-23-10-9-18(12-22(23)17(3)14-24(27,4)5)11-20(15-26)19-7-6-8-21(25)13-19/h6-14,16H,1-5H3/b20-11-. The summed E-state index contributed by atoms with van der Waals surface area (Å²) in [5.74, 6) is 0. The van der Waals surface area contributed by atoms with Gasteiger partial charge in [0.1, 0.15) is 0 Å². The molecule has 0 aliphatic carbocycles. The second-order valence-corrected chi connectivity index (χ2v) is 8.82. The third-order valence-corrected chi connectivity index (χ3v) is 5.47. The normalized spacial score (nSPS) is 16.0. The summed E-state index contributed by atoms with van der Waals surface area (Å²) in [7, 11) is 0. The van der Waals surface area contributed by atoms with Crippen LogP contribution in [0.25, 0.3) is 17.2 Å². The van der Waals surface area contributed by atoms with Gasteiger partial charge in [-0.25, -0.2) is 0 Å². The Bertz CT molecular complexity index is 974. The van der Waals surface area contributed by atoms with Gasteiger partial charge in [-0.1, -0.05) is 40.2 Å². The first-order valence-electron chi connectivity index (χ1n) is 9.24. The number of hydrogen-bond donors (Lipinski definition) is 0. The Morgan fingerprint density at radius 2 is 1.93 bits per heavy atom. The van der Waals surface area contributed by atoms with Gasteiger partial charge < -0.3 is 4.90 Å². The van der Waals surface area contributed by atoms with E-state index < -0.39 is 0 Å². The largest absolute Gasteiger partial charge is 0.360 e. The number of anilines is 1. The molecule has 2 nitrogen and oxygen atoms in total. The van der Waals surface area contributed by atoms with Gasteiger partial charge in [-0.05, 0) is 81.7 Å². The molecule has 0 saturated carbocycles. The van der Waals surface area contributed by atoms with Crippen LogP contribution < -0.4 is 4.90 Å². The van der Waals surface area contributed by atoms with Crippen molar-refractivity contribution in [1.29, 1.82) is 5.26 Å². The topological polar surface area (TPSA) is 27.0 Å². The van der Waals surface area contributed by atoms with E-state index in [1.165, 1.54) is 16.8 Å². The highest BCUT2D eigenvalue weighted by molar-refractivity contribution is 9.10. The summed E-state index contributed by atoms with van der Waals surface area (Å²) in [4.78, 5) is 2.46. The molecule has 27 heavy (non-hydrogen) atoms. The molecular weight excluding hydrogens is 396 g/mol. The van der Waals surface area contributed by atoms with E-state index in [1.54, 1.807) is 0 Å². The average Bonchev–Trinajstić information content (AvgIpc) is 2.59. The molecule has 1 aliphatic rings. The minimum atomic E-state index is -0.0171. The van der Waals surface area contributed by atoms with Crippen LogP contribution in [-0.4, -0.2) is 11.6 Å². The van der Waals surface area contributed by atoms with Crippen molar-refractivity contribution in [2.24, 2.45) is 0 Å². The maximum atomic E-state index is 9.65. The number of rotatable bonds is 3. The van der Waals surface area contributed by atoms with Crippen LogP contribution in [0.15, 0.2) is 53.0 Å². The Hall–Kier alpha value is -2.31. The highest BCUT2D eigenvalue weighted by atomic mass is 79.9. The van der Waals surface area contributed by atoms with Gasteiger partial charge in [0.05, 0.1) is 17.2 Å². The number of hydrogen-bond acceptors (Lipinski definition) is 2. The SMILES string of the molecule is CC1=CC(C)(C)N(C(C)C)c2ccc(/C=C(/C#N)c3cccc(Br)c3)cc21. The quantitative estimate of drug-likeness (QED) is 0.397. The van der Waals surface area contributed by atoms with Crippen molar-refractivity contribution in [2.75, 3.05) is 4.90 Å². The predicted octanol–water partition coefficient (Wildman–Crippen LogP) is 6.92. The molecule has 0 spiro atoms. The number of halogens is 1. The lowest BCUT2D eigenvalue weighted by Gasteiger charge is -2.46. The van der Waals surface area contributed by atoms with E-state index in [4.69, 9.17) is 0 Å². The Kier molecular flexibility index (Phi) is 5.31. The van der Waals surface area contributed by atoms with Crippen LogP contribution in [0, 0.1) is 11.3 Å². The van der Waals surface area contributed by atoms with Crippen LogP contribution >= 0.6 is 15.9 Å². The minimum Gasteiger partial charge on any atom is -0.360 e. The summed E-state index contributed by atoms with van der Waals surface area (Å²) in [6.45, 7) is 11.2. The first-order valence-corrected chi connectivity index (χ1v) is 10.0. The zero-order valence-electron chi connectivity index (χ0n) is 16.5. The van der Waals surface area contributed by atoms with Crippen molar-refractivity contribution >= 4 is 38.8 Å². The van der Waals surface area contributed by atoms with Crippen LogP contribution in [0.2, 0.25) is 0 Å². The fraction of sp³-hybridized carbons (Fsp3) is 0.292. The monoisotopic (exact) mass is 420 g/mol. The highest BCUT2D eigenvalue weighted by Crippen LogP contribution is 2.40. The van der Waals surface area contributed by atoms with Crippen LogP contribution in [0.3, 0.4) is 0 Å². The van der Waals surface area contributed by atoms with E-state index in [0.717, 1.165) is 15.6 Å². The lowest BCUT2D eigenvalue weighted by Crippen LogP contribution is -2.49. The van der Waals surface area contributed by atoms with Crippen molar-refractivity contribution in [1.82, 2.24) is 0 Å². The molecule has 1 heterocycles. The number of allylic oxidation sites excluding steroid dienone is 2.